The van der Waals surface area contributed by atoms with Crippen LogP contribution in [0.2, 0.25) is 0 Å². The van der Waals surface area contributed by atoms with Gasteiger partial charge in [-0.2, -0.15) is 0 Å². The van der Waals surface area contributed by atoms with Crippen LogP contribution in [0.4, 0.5) is 0 Å². The lowest BCUT2D eigenvalue weighted by atomic mass is 9.99. The second-order valence-electron chi connectivity index (χ2n) is 13.3. The van der Waals surface area contributed by atoms with E-state index in [4.69, 9.17) is 9.97 Å². The first-order chi connectivity index (χ1) is 25.8. The van der Waals surface area contributed by atoms with E-state index >= 15 is 0 Å². The Morgan fingerprint density at radius 1 is 0.462 bits per heavy atom. The van der Waals surface area contributed by atoms with Crippen LogP contribution in [0, 0.1) is 0 Å². The van der Waals surface area contributed by atoms with Gasteiger partial charge in [0.2, 0.25) is 0 Å². The number of rotatable bonds is 4. The molecule has 5 heteroatoms. The number of aromatic nitrogens is 5. The molecule has 0 atom stereocenters. The molecular weight excluding hydrogens is 635 g/mol. The first-order valence-corrected chi connectivity index (χ1v) is 17.5. The molecule has 52 heavy (non-hydrogen) atoms. The molecule has 0 unspecified atom stereocenters. The van der Waals surface area contributed by atoms with Gasteiger partial charge < -0.3 is 4.57 Å². The predicted molar refractivity (Wildman–Crippen MR) is 214 cm³/mol. The summed E-state index contributed by atoms with van der Waals surface area (Å²) in [6.45, 7) is 0. The van der Waals surface area contributed by atoms with Gasteiger partial charge in [-0.15, -0.1) is 0 Å². The Morgan fingerprint density at radius 3 is 1.98 bits per heavy atom. The summed E-state index contributed by atoms with van der Waals surface area (Å²) in [4.78, 5) is 15.2. The van der Waals surface area contributed by atoms with Crippen molar-refractivity contribution < 1.29 is 0 Å². The van der Waals surface area contributed by atoms with Crippen molar-refractivity contribution in [2.24, 2.45) is 0 Å². The third kappa shape index (κ3) is 4.33. The number of hydrogen-bond acceptors (Lipinski definition) is 3. The van der Waals surface area contributed by atoms with Crippen LogP contribution in [0.15, 0.2) is 176 Å². The van der Waals surface area contributed by atoms with Crippen molar-refractivity contribution in [2.75, 3.05) is 0 Å². The van der Waals surface area contributed by atoms with E-state index in [1.165, 1.54) is 21.8 Å². The molecule has 5 aromatic heterocycles. The summed E-state index contributed by atoms with van der Waals surface area (Å²) in [5.74, 6) is 0. The van der Waals surface area contributed by atoms with Crippen LogP contribution in [0.5, 0.6) is 0 Å². The summed E-state index contributed by atoms with van der Waals surface area (Å²) in [7, 11) is 0. The quantitative estimate of drug-likeness (QED) is 0.188. The van der Waals surface area contributed by atoms with Gasteiger partial charge in [0.1, 0.15) is 11.2 Å². The Morgan fingerprint density at radius 2 is 1.15 bits per heavy atom. The molecule has 242 valence electrons. The van der Waals surface area contributed by atoms with E-state index in [2.05, 4.69) is 172 Å². The summed E-state index contributed by atoms with van der Waals surface area (Å²) in [5.41, 5.74) is 14.7. The molecule has 0 aliphatic heterocycles. The van der Waals surface area contributed by atoms with Crippen molar-refractivity contribution in [3.05, 3.63) is 176 Å². The van der Waals surface area contributed by atoms with Crippen molar-refractivity contribution in [2.45, 2.75) is 0 Å². The normalized spacial score (nSPS) is 11.8. The minimum Gasteiger partial charge on any atom is -0.309 e. The maximum absolute atomic E-state index is 5.28. The van der Waals surface area contributed by atoms with Crippen LogP contribution >= 0.6 is 0 Å². The Hall–Kier alpha value is -7.11. The molecule has 0 spiro atoms. The van der Waals surface area contributed by atoms with E-state index in [9.17, 15) is 0 Å². The number of pyridine rings is 3. The second-order valence-corrected chi connectivity index (χ2v) is 13.3. The summed E-state index contributed by atoms with van der Waals surface area (Å²) in [6, 6.07) is 57.9. The SMILES string of the molecule is c1cc(-c2ccn3c(c2)nc2c4ccccc4nc(-c4ccc(-c5cccc6cccnc56)cc4)c23)cc(-n2c3ccccc3c3ccccc32)c1. The summed E-state index contributed by atoms with van der Waals surface area (Å²) >= 11 is 0. The van der Waals surface area contributed by atoms with E-state index in [1.54, 1.807) is 0 Å². The van der Waals surface area contributed by atoms with Gasteiger partial charge in [0.15, 0.2) is 0 Å². The molecule has 6 aromatic carbocycles. The van der Waals surface area contributed by atoms with Crippen molar-refractivity contribution in [1.82, 2.24) is 23.9 Å². The largest absolute Gasteiger partial charge is 0.309 e. The van der Waals surface area contributed by atoms with Crippen LogP contribution in [0.25, 0.3) is 99.5 Å². The lowest BCUT2D eigenvalue weighted by molar-refractivity contribution is 1.18. The molecule has 0 N–H and O–H groups in total. The molecule has 0 fully saturated rings. The van der Waals surface area contributed by atoms with Crippen LogP contribution in [-0.4, -0.2) is 23.9 Å². The molecule has 11 rings (SSSR count). The van der Waals surface area contributed by atoms with E-state index in [-0.39, 0.29) is 0 Å². The van der Waals surface area contributed by atoms with Crippen molar-refractivity contribution in [3.63, 3.8) is 0 Å². The molecule has 0 saturated heterocycles. The molecule has 5 nitrogen and oxygen atoms in total. The van der Waals surface area contributed by atoms with Gasteiger partial charge in [-0.1, -0.05) is 115 Å². The first-order valence-electron chi connectivity index (χ1n) is 17.5. The highest BCUT2D eigenvalue weighted by Crippen LogP contribution is 2.37. The van der Waals surface area contributed by atoms with Gasteiger partial charge >= 0.3 is 0 Å². The van der Waals surface area contributed by atoms with Gasteiger partial charge in [-0.3, -0.25) is 9.38 Å². The van der Waals surface area contributed by atoms with E-state index in [0.717, 1.165) is 77.7 Å². The number of fused-ring (bicyclic) bond motifs is 9. The molecular formula is C47H29N5. The van der Waals surface area contributed by atoms with Gasteiger partial charge in [0.05, 0.1) is 33.3 Å². The highest BCUT2D eigenvalue weighted by Gasteiger charge is 2.18. The molecule has 0 bridgehead atoms. The van der Waals surface area contributed by atoms with Gasteiger partial charge in [0, 0.05) is 50.8 Å². The molecule has 0 saturated carbocycles. The van der Waals surface area contributed by atoms with Crippen LogP contribution in [-0.2, 0) is 0 Å². The van der Waals surface area contributed by atoms with E-state index < -0.39 is 0 Å². The van der Waals surface area contributed by atoms with Gasteiger partial charge in [-0.05, 0) is 65.2 Å². The third-order valence-electron chi connectivity index (χ3n) is 10.4. The van der Waals surface area contributed by atoms with Crippen LogP contribution in [0.1, 0.15) is 0 Å². The summed E-state index contributed by atoms with van der Waals surface area (Å²) in [6.07, 6.45) is 4.00. The number of benzene rings is 6. The minimum atomic E-state index is 0.882. The van der Waals surface area contributed by atoms with E-state index in [0.29, 0.717) is 0 Å². The Kier molecular flexibility index (Phi) is 6.18. The van der Waals surface area contributed by atoms with E-state index in [1.807, 2.05) is 18.3 Å². The lowest BCUT2D eigenvalue weighted by Crippen LogP contribution is -1.95. The average Bonchev–Trinajstić information content (AvgIpc) is 3.77. The molecule has 0 aliphatic rings. The fourth-order valence-corrected chi connectivity index (χ4v) is 7.95. The maximum Gasteiger partial charge on any atom is 0.138 e. The molecule has 0 aliphatic carbocycles. The smallest absolute Gasteiger partial charge is 0.138 e. The molecule has 0 amide bonds. The standard InChI is InChI=1S/C47H29N5/c1-4-18-40-39(16-1)46-47(45(49-40)32-23-21-30(22-24-32)36-17-8-10-31-12-9-26-48-44(31)36)51-27-25-34(29-43(51)50-46)33-11-7-13-35(28-33)52-41-19-5-2-14-37(41)38-15-3-6-20-42(38)52/h1-29H. The molecule has 5 heterocycles. The number of nitrogens with zero attached hydrogens (tertiary/aromatic N) is 5. The summed E-state index contributed by atoms with van der Waals surface area (Å²) in [5, 5.41) is 4.68. The van der Waals surface area contributed by atoms with Gasteiger partial charge in [0.25, 0.3) is 0 Å². The molecule has 11 aromatic rings. The number of imidazole rings is 1. The number of para-hydroxylation sites is 4. The zero-order valence-corrected chi connectivity index (χ0v) is 28.0. The second kappa shape index (κ2) is 11.2. The first kappa shape index (κ1) is 28.7. The zero-order chi connectivity index (χ0) is 34.2. The zero-order valence-electron chi connectivity index (χ0n) is 28.0. The molecule has 0 radical (unpaired) electrons. The Balaban J connectivity index is 1.06. The van der Waals surface area contributed by atoms with Crippen LogP contribution in [0.3, 0.4) is 0 Å². The van der Waals surface area contributed by atoms with Gasteiger partial charge in [-0.25, -0.2) is 9.97 Å². The Labute approximate surface area is 298 Å². The van der Waals surface area contributed by atoms with Crippen molar-refractivity contribution in [3.8, 4) is 39.2 Å². The fourth-order valence-electron chi connectivity index (χ4n) is 7.95. The highest BCUT2D eigenvalue weighted by atomic mass is 15.0. The monoisotopic (exact) mass is 663 g/mol. The van der Waals surface area contributed by atoms with Crippen molar-refractivity contribution >= 4 is 60.3 Å². The Bertz CT molecular complexity index is 3130. The highest BCUT2D eigenvalue weighted by molar-refractivity contribution is 6.10. The number of hydrogen-bond donors (Lipinski definition) is 0. The average molecular weight is 664 g/mol. The van der Waals surface area contributed by atoms with Crippen molar-refractivity contribution in [1.29, 1.82) is 0 Å². The topological polar surface area (TPSA) is 48.0 Å². The predicted octanol–water partition coefficient (Wildman–Crippen LogP) is 11.7. The minimum absolute atomic E-state index is 0.882. The lowest BCUT2D eigenvalue weighted by Gasteiger charge is -2.11. The van der Waals surface area contributed by atoms with Crippen LogP contribution < -0.4 is 0 Å². The maximum atomic E-state index is 5.28. The fraction of sp³-hybridized carbons (Fsp3) is 0. The summed E-state index contributed by atoms with van der Waals surface area (Å²) < 4.78 is 4.55. The third-order valence-corrected chi connectivity index (χ3v) is 10.4.